The molecule has 38 heavy (non-hydrogen) atoms. The Bertz CT molecular complexity index is 884. The molecule has 0 spiro atoms. The predicted molar refractivity (Wildman–Crippen MR) is 161 cm³/mol. The Hall–Kier alpha value is -1.16. The summed E-state index contributed by atoms with van der Waals surface area (Å²) in [5, 5.41) is 10.2. The van der Waals surface area contributed by atoms with E-state index in [0.29, 0.717) is 29.4 Å². The van der Waals surface area contributed by atoms with Crippen molar-refractivity contribution >= 4 is 17.7 Å². The first kappa shape index (κ1) is 29.8. The predicted octanol–water partition coefficient (Wildman–Crippen LogP) is 9.45. The fraction of sp³-hybridized carbons (Fsp3) is 0.794. The highest BCUT2D eigenvalue weighted by molar-refractivity contribution is 7.99. The molecule has 1 aromatic carbocycles. The second-order valence-electron chi connectivity index (χ2n) is 12.9. The van der Waals surface area contributed by atoms with Gasteiger partial charge in [-0.2, -0.15) is 11.8 Å². The number of carbonyl (C=O) groups excluding carboxylic acids is 1. The molecule has 0 bridgehead atoms. The van der Waals surface area contributed by atoms with E-state index in [1.54, 1.807) is 6.92 Å². The number of unbranched alkanes of at least 4 members (excludes halogenated alkanes) is 8. The third-order valence-corrected chi connectivity index (χ3v) is 11.5. The molecule has 0 aliphatic heterocycles. The van der Waals surface area contributed by atoms with Crippen molar-refractivity contribution in [1.29, 1.82) is 0 Å². The number of phenols is 1. The maximum absolute atomic E-state index is 11.9. The van der Waals surface area contributed by atoms with Gasteiger partial charge in [0.1, 0.15) is 11.9 Å². The van der Waals surface area contributed by atoms with Crippen LogP contribution in [-0.4, -0.2) is 28.7 Å². The molecule has 0 amide bonds. The Morgan fingerprint density at radius 3 is 2.45 bits per heavy atom. The topological polar surface area (TPSA) is 46.5 Å². The lowest BCUT2D eigenvalue weighted by molar-refractivity contribution is -0.155. The highest BCUT2D eigenvalue weighted by Crippen LogP contribution is 2.63. The lowest BCUT2D eigenvalue weighted by atomic mass is 9.52. The van der Waals surface area contributed by atoms with E-state index in [1.165, 1.54) is 106 Å². The maximum Gasteiger partial charge on any atom is 0.302 e. The summed E-state index contributed by atoms with van der Waals surface area (Å²) in [4.78, 5) is 11.9. The van der Waals surface area contributed by atoms with Crippen LogP contribution in [0.2, 0.25) is 0 Å². The van der Waals surface area contributed by atoms with Crippen LogP contribution in [-0.2, 0) is 16.0 Å². The molecule has 1 N–H and O–H groups in total. The highest BCUT2D eigenvalue weighted by Gasteiger charge is 2.57. The number of rotatable bonds is 15. The zero-order chi connectivity index (χ0) is 27.0. The fourth-order valence-corrected chi connectivity index (χ4v) is 9.48. The van der Waals surface area contributed by atoms with Crippen molar-refractivity contribution in [3.63, 3.8) is 0 Å². The Balaban J connectivity index is 1.27. The smallest absolute Gasteiger partial charge is 0.302 e. The molecule has 1 aromatic rings. The quantitative estimate of drug-likeness (QED) is 0.177. The summed E-state index contributed by atoms with van der Waals surface area (Å²) in [5.74, 6) is 5.59. The molecule has 0 aromatic heterocycles. The number of ether oxygens (including phenoxy) is 1. The molecule has 4 heteroatoms. The lowest BCUT2D eigenvalue weighted by Gasteiger charge is -2.53. The molecule has 2 fully saturated rings. The summed E-state index contributed by atoms with van der Waals surface area (Å²) in [6.45, 7) is 6.27. The third-order valence-electron chi connectivity index (χ3n) is 10.4. The van der Waals surface area contributed by atoms with Crippen molar-refractivity contribution in [2.45, 2.75) is 136 Å². The van der Waals surface area contributed by atoms with Gasteiger partial charge in [0.05, 0.1) is 0 Å². The average Bonchev–Trinajstić information content (AvgIpc) is 3.21. The SMILES string of the molecule is CCCCCSCCCCCCCCC[C@@H]1Cc2cc(O)ccc2C2CC[C@@]3(C)C(CC[C@@H]3OC(C)=O)C21. The summed E-state index contributed by atoms with van der Waals surface area (Å²) < 4.78 is 5.89. The van der Waals surface area contributed by atoms with Crippen molar-refractivity contribution < 1.29 is 14.6 Å². The number of esters is 1. The van der Waals surface area contributed by atoms with Crippen LogP contribution in [0.15, 0.2) is 18.2 Å². The summed E-state index contributed by atoms with van der Waals surface area (Å²) in [6.07, 6.45) is 20.8. The standard InChI is InChI=1S/C34H54O3S/c1-4-5-12-21-38-22-13-10-8-6-7-9-11-14-26-23-27-24-28(36)15-16-29(27)30-19-20-34(3)31(33(26)30)17-18-32(34)37-25(2)35/h15-16,24,26,30-33,36H,4-14,17-23H2,1-3H3/t26-,30?,31?,32+,33?,34+/m1/s1. The monoisotopic (exact) mass is 542 g/mol. The maximum atomic E-state index is 11.9. The van der Waals surface area contributed by atoms with Gasteiger partial charge in [-0.25, -0.2) is 0 Å². The van der Waals surface area contributed by atoms with E-state index >= 15 is 0 Å². The minimum absolute atomic E-state index is 0.0857. The Kier molecular flexibility index (Phi) is 11.3. The van der Waals surface area contributed by atoms with Gasteiger partial charge in [0.2, 0.25) is 0 Å². The van der Waals surface area contributed by atoms with Gasteiger partial charge in [-0.05, 0) is 110 Å². The molecule has 6 atom stereocenters. The second-order valence-corrected chi connectivity index (χ2v) is 14.2. The van der Waals surface area contributed by atoms with Gasteiger partial charge in [-0.1, -0.05) is 71.3 Å². The zero-order valence-electron chi connectivity index (χ0n) is 24.5. The van der Waals surface area contributed by atoms with Crippen LogP contribution in [0.5, 0.6) is 5.75 Å². The van der Waals surface area contributed by atoms with Crippen LogP contribution < -0.4 is 0 Å². The first-order chi connectivity index (χ1) is 18.4. The molecule has 3 nitrogen and oxygen atoms in total. The molecule has 3 aliphatic carbocycles. The molecule has 2 saturated carbocycles. The van der Waals surface area contributed by atoms with Crippen molar-refractivity contribution in [2.75, 3.05) is 11.5 Å². The van der Waals surface area contributed by atoms with Crippen LogP contribution in [0.4, 0.5) is 0 Å². The van der Waals surface area contributed by atoms with Gasteiger partial charge in [0.15, 0.2) is 0 Å². The van der Waals surface area contributed by atoms with E-state index in [9.17, 15) is 9.90 Å². The molecule has 0 radical (unpaired) electrons. The molecular formula is C34H54O3S. The zero-order valence-corrected chi connectivity index (χ0v) is 25.3. The number of hydrogen-bond donors (Lipinski definition) is 1. The fourth-order valence-electron chi connectivity index (χ4n) is 8.46. The first-order valence-corrected chi connectivity index (χ1v) is 17.2. The first-order valence-electron chi connectivity index (χ1n) is 16.0. The van der Waals surface area contributed by atoms with Gasteiger partial charge < -0.3 is 9.84 Å². The van der Waals surface area contributed by atoms with Crippen molar-refractivity contribution in [3.8, 4) is 5.75 Å². The number of fused-ring (bicyclic) bond motifs is 5. The van der Waals surface area contributed by atoms with Crippen LogP contribution in [0.25, 0.3) is 0 Å². The number of thioether (sulfide) groups is 1. The highest BCUT2D eigenvalue weighted by atomic mass is 32.2. The normalized spacial score (nSPS) is 29.9. The van der Waals surface area contributed by atoms with Crippen LogP contribution in [0.3, 0.4) is 0 Å². The van der Waals surface area contributed by atoms with E-state index in [2.05, 4.69) is 31.7 Å². The lowest BCUT2D eigenvalue weighted by Crippen LogP contribution is -2.48. The van der Waals surface area contributed by atoms with Gasteiger partial charge in [-0.3, -0.25) is 4.79 Å². The van der Waals surface area contributed by atoms with Crippen LogP contribution >= 0.6 is 11.8 Å². The Morgan fingerprint density at radius 1 is 1.00 bits per heavy atom. The number of benzene rings is 1. The summed E-state index contributed by atoms with van der Waals surface area (Å²) in [6, 6.07) is 6.15. The average molecular weight is 543 g/mol. The van der Waals surface area contributed by atoms with Crippen LogP contribution in [0, 0.1) is 23.2 Å². The minimum Gasteiger partial charge on any atom is -0.508 e. The van der Waals surface area contributed by atoms with E-state index < -0.39 is 0 Å². The van der Waals surface area contributed by atoms with Crippen LogP contribution in [0.1, 0.15) is 134 Å². The Morgan fingerprint density at radius 2 is 1.71 bits per heavy atom. The molecule has 3 aliphatic rings. The second kappa shape index (κ2) is 14.5. The number of carbonyl (C=O) groups is 1. The van der Waals surface area contributed by atoms with E-state index in [1.807, 2.05) is 12.1 Å². The third kappa shape index (κ3) is 7.32. The number of phenolic OH excluding ortho intramolecular Hbond substituents is 1. The summed E-state index contributed by atoms with van der Waals surface area (Å²) in [5.41, 5.74) is 3.00. The minimum atomic E-state index is -0.120. The summed E-state index contributed by atoms with van der Waals surface area (Å²) >= 11 is 2.15. The number of hydrogen-bond acceptors (Lipinski definition) is 4. The number of aromatic hydroxyl groups is 1. The van der Waals surface area contributed by atoms with Gasteiger partial charge in [-0.15, -0.1) is 0 Å². The molecule has 214 valence electrons. The summed E-state index contributed by atoms with van der Waals surface area (Å²) in [7, 11) is 0. The van der Waals surface area contributed by atoms with Gasteiger partial charge >= 0.3 is 5.97 Å². The molecule has 0 heterocycles. The van der Waals surface area contributed by atoms with E-state index in [4.69, 9.17) is 4.74 Å². The molecular weight excluding hydrogens is 488 g/mol. The molecule has 0 saturated heterocycles. The Labute approximate surface area is 237 Å². The van der Waals surface area contributed by atoms with E-state index in [0.717, 1.165) is 19.3 Å². The van der Waals surface area contributed by atoms with Crippen molar-refractivity contribution in [2.24, 2.45) is 23.2 Å². The van der Waals surface area contributed by atoms with Crippen molar-refractivity contribution in [3.05, 3.63) is 29.3 Å². The molecule has 3 unspecified atom stereocenters. The van der Waals surface area contributed by atoms with E-state index in [-0.39, 0.29) is 17.5 Å². The van der Waals surface area contributed by atoms with Crippen molar-refractivity contribution in [1.82, 2.24) is 0 Å². The van der Waals surface area contributed by atoms with Gasteiger partial charge in [0, 0.05) is 12.3 Å². The van der Waals surface area contributed by atoms with Gasteiger partial charge in [0.25, 0.3) is 0 Å². The largest absolute Gasteiger partial charge is 0.508 e. The molecule has 4 rings (SSSR count).